The van der Waals surface area contributed by atoms with Gasteiger partial charge in [-0.2, -0.15) is 0 Å². The van der Waals surface area contributed by atoms with Gasteiger partial charge in [0.25, 0.3) is 0 Å². The molecule has 2 aliphatic heterocycles. The molecule has 4 heteroatoms. The van der Waals surface area contributed by atoms with Gasteiger partial charge in [-0.25, -0.2) is 0 Å². The summed E-state index contributed by atoms with van der Waals surface area (Å²) in [4.78, 5) is 2.63. The van der Waals surface area contributed by atoms with E-state index in [1.807, 2.05) is 12.1 Å². The monoisotopic (exact) mass is 324 g/mol. The Kier molecular flexibility index (Phi) is 3.83. The van der Waals surface area contributed by atoms with Crippen LogP contribution in [0.15, 0.2) is 22.7 Å². The molecule has 0 amide bonds. The minimum absolute atomic E-state index is 0.401. The molecule has 2 saturated heterocycles. The molecule has 3 rings (SSSR count). The second kappa shape index (κ2) is 5.43. The van der Waals surface area contributed by atoms with Crippen molar-refractivity contribution >= 4 is 15.9 Å². The number of hydrogen-bond acceptors (Lipinski definition) is 3. The van der Waals surface area contributed by atoms with Crippen molar-refractivity contribution in [3.8, 4) is 5.75 Å². The molecule has 0 saturated carbocycles. The Labute approximate surface area is 123 Å². The standard InChI is InChI=1S/C15H21BrN2O/c1-19-15-5-2-11(16)6-10(15)9-18-13-3-4-14(18)8-12(17)7-13/h2,5-6,12-14H,3-4,7-9,17H2,1H3. The molecule has 104 valence electrons. The van der Waals surface area contributed by atoms with E-state index < -0.39 is 0 Å². The Hall–Kier alpha value is -0.580. The SMILES string of the molecule is COc1ccc(Br)cc1CN1C2CCC1CC(N)C2. The second-order valence-electron chi connectivity index (χ2n) is 5.74. The normalized spacial score (nSPS) is 30.6. The lowest BCUT2D eigenvalue weighted by Gasteiger charge is -2.37. The van der Waals surface area contributed by atoms with Crippen LogP contribution in [0.2, 0.25) is 0 Å². The summed E-state index contributed by atoms with van der Waals surface area (Å²) in [7, 11) is 1.74. The minimum atomic E-state index is 0.401. The highest BCUT2D eigenvalue weighted by molar-refractivity contribution is 9.10. The van der Waals surface area contributed by atoms with Gasteiger partial charge < -0.3 is 10.5 Å². The van der Waals surface area contributed by atoms with Crippen LogP contribution in [0.4, 0.5) is 0 Å². The maximum absolute atomic E-state index is 6.13. The predicted molar refractivity (Wildman–Crippen MR) is 80.3 cm³/mol. The Morgan fingerprint density at radius 3 is 2.63 bits per heavy atom. The van der Waals surface area contributed by atoms with Gasteiger partial charge >= 0.3 is 0 Å². The molecular formula is C15H21BrN2O. The number of ether oxygens (including phenoxy) is 1. The fourth-order valence-corrected chi connectivity index (χ4v) is 4.05. The van der Waals surface area contributed by atoms with Crippen LogP contribution in [0.25, 0.3) is 0 Å². The van der Waals surface area contributed by atoms with E-state index in [1.54, 1.807) is 7.11 Å². The number of hydrogen-bond donors (Lipinski definition) is 1. The smallest absolute Gasteiger partial charge is 0.123 e. The molecular weight excluding hydrogens is 304 g/mol. The first-order valence-corrected chi connectivity index (χ1v) is 7.80. The molecule has 1 aromatic rings. The molecule has 2 heterocycles. The zero-order valence-corrected chi connectivity index (χ0v) is 12.9. The van der Waals surface area contributed by atoms with Crippen LogP contribution in [0.1, 0.15) is 31.2 Å². The summed E-state index contributed by atoms with van der Waals surface area (Å²) < 4.78 is 6.60. The lowest BCUT2D eigenvalue weighted by Crippen LogP contribution is -2.46. The molecule has 0 aliphatic carbocycles. The number of methoxy groups -OCH3 is 1. The summed E-state index contributed by atoms with van der Waals surface area (Å²) in [6, 6.07) is 7.97. The van der Waals surface area contributed by atoms with E-state index in [4.69, 9.17) is 10.5 Å². The average molecular weight is 325 g/mol. The molecule has 19 heavy (non-hydrogen) atoms. The van der Waals surface area contributed by atoms with Crippen LogP contribution >= 0.6 is 15.9 Å². The topological polar surface area (TPSA) is 38.5 Å². The second-order valence-corrected chi connectivity index (χ2v) is 6.66. The first-order valence-electron chi connectivity index (χ1n) is 7.01. The third kappa shape index (κ3) is 2.67. The van der Waals surface area contributed by atoms with Crippen molar-refractivity contribution in [3.63, 3.8) is 0 Å². The van der Waals surface area contributed by atoms with Crippen molar-refractivity contribution in [1.29, 1.82) is 0 Å². The van der Waals surface area contributed by atoms with E-state index in [0.717, 1.165) is 29.6 Å². The van der Waals surface area contributed by atoms with Crippen molar-refractivity contribution in [2.24, 2.45) is 5.73 Å². The van der Waals surface area contributed by atoms with Crippen LogP contribution in [0, 0.1) is 0 Å². The largest absolute Gasteiger partial charge is 0.496 e. The molecule has 2 N–H and O–H groups in total. The zero-order valence-electron chi connectivity index (χ0n) is 11.3. The van der Waals surface area contributed by atoms with Crippen LogP contribution in [0.3, 0.4) is 0 Å². The highest BCUT2D eigenvalue weighted by Gasteiger charge is 2.39. The number of benzene rings is 1. The van der Waals surface area contributed by atoms with Gasteiger partial charge in [0, 0.05) is 34.7 Å². The summed E-state index contributed by atoms with van der Waals surface area (Å²) in [5.74, 6) is 0.984. The molecule has 2 atom stereocenters. The summed E-state index contributed by atoms with van der Waals surface area (Å²) in [6.45, 7) is 0.977. The van der Waals surface area contributed by atoms with Crippen molar-refractivity contribution in [1.82, 2.24) is 4.90 Å². The Balaban J connectivity index is 1.80. The number of nitrogens with two attached hydrogens (primary N) is 1. The summed E-state index contributed by atoms with van der Waals surface area (Å²) in [5, 5.41) is 0. The Morgan fingerprint density at radius 1 is 1.32 bits per heavy atom. The minimum Gasteiger partial charge on any atom is -0.496 e. The summed E-state index contributed by atoms with van der Waals surface area (Å²) in [6.07, 6.45) is 4.89. The summed E-state index contributed by atoms with van der Waals surface area (Å²) >= 11 is 3.55. The van der Waals surface area contributed by atoms with Crippen LogP contribution in [0.5, 0.6) is 5.75 Å². The van der Waals surface area contributed by atoms with Crippen LogP contribution < -0.4 is 10.5 Å². The Morgan fingerprint density at radius 2 is 2.00 bits per heavy atom. The number of fused-ring (bicyclic) bond motifs is 2. The van der Waals surface area contributed by atoms with Gasteiger partial charge in [-0.1, -0.05) is 15.9 Å². The molecule has 2 unspecified atom stereocenters. The maximum atomic E-state index is 6.13. The third-order valence-corrected chi connectivity index (χ3v) is 5.01. The average Bonchev–Trinajstić information content (AvgIpc) is 2.62. The highest BCUT2D eigenvalue weighted by Crippen LogP contribution is 2.37. The zero-order chi connectivity index (χ0) is 13.4. The van der Waals surface area contributed by atoms with Crippen molar-refractivity contribution < 1.29 is 4.74 Å². The van der Waals surface area contributed by atoms with E-state index in [1.165, 1.54) is 18.4 Å². The van der Waals surface area contributed by atoms with Gasteiger partial charge in [-0.15, -0.1) is 0 Å². The lowest BCUT2D eigenvalue weighted by molar-refractivity contribution is 0.119. The van der Waals surface area contributed by atoms with Gasteiger partial charge in [-0.05, 0) is 43.9 Å². The lowest BCUT2D eigenvalue weighted by atomic mass is 9.97. The van der Waals surface area contributed by atoms with Gasteiger partial charge in [0.05, 0.1) is 7.11 Å². The summed E-state index contributed by atoms with van der Waals surface area (Å²) in [5.41, 5.74) is 7.40. The van der Waals surface area contributed by atoms with E-state index in [9.17, 15) is 0 Å². The van der Waals surface area contributed by atoms with Crippen molar-refractivity contribution in [3.05, 3.63) is 28.2 Å². The van der Waals surface area contributed by atoms with Gasteiger partial charge in [-0.3, -0.25) is 4.90 Å². The van der Waals surface area contributed by atoms with E-state index >= 15 is 0 Å². The number of piperidine rings is 1. The van der Waals surface area contributed by atoms with Crippen LogP contribution in [-0.4, -0.2) is 30.1 Å². The number of rotatable bonds is 3. The Bertz CT molecular complexity index is 451. The molecule has 0 aromatic heterocycles. The fourth-order valence-electron chi connectivity index (χ4n) is 3.64. The van der Waals surface area contributed by atoms with Crippen molar-refractivity contribution in [2.75, 3.05) is 7.11 Å². The molecule has 1 aromatic carbocycles. The molecule has 2 aliphatic rings. The fraction of sp³-hybridized carbons (Fsp3) is 0.600. The molecule has 2 fully saturated rings. The van der Waals surface area contributed by atoms with E-state index in [0.29, 0.717) is 18.1 Å². The van der Waals surface area contributed by atoms with Crippen LogP contribution in [-0.2, 0) is 6.54 Å². The van der Waals surface area contributed by atoms with Gasteiger partial charge in [0.1, 0.15) is 5.75 Å². The van der Waals surface area contributed by atoms with Gasteiger partial charge in [0.15, 0.2) is 0 Å². The van der Waals surface area contributed by atoms with E-state index in [2.05, 4.69) is 26.9 Å². The van der Waals surface area contributed by atoms with Gasteiger partial charge in [0.2, 0.25) is 0 Å². The number of nitrogens with zero attached hydrogens (tertiary/aromatic N) is 1. The van der Waals surface area contributed by atoms with Crippen molar-refractivity contribution in [2.45, 2.75) is 50.4 Å². The molecule has 2 bridgehead atoms. The maximum Gasteiger partial charge on any atom is 0.123 e. The highest BCUT2D eigenvalue weighted by atomic mass is 79.9. The van der Waals surface area contributed by atoms with E-state index in [-0.39, 0.29) is 0 Å². The first-order chi connectivity index (χ1) is 9.17. The molecule has 0 spiro atoms. The molecule has 3 nitrogen and oxygen atoms in total. The molecule has 0 radical (unpaired) electrons. The third-order valence-electron chi connectivity index (χ3n) is 4.52. The number of halogens is 1. The first kappa shape index (κ1) is 13.4. The quantitative estimate of drug-likeness (QED) is 0.929. The predicted octanol–water partition coefficient (Wildman–Crippen LogP) is 2.91.